The van der Waals surface area contributed by atoms with E-state index in [0.29, 0.717) is 31.3 Å². The summed E-state index contributed by atoms with van der Waals surface area (Å²) in [6.45, 7) is 7.91. The number of hydrogen-bond acceptors (Lipinski definition) is 15. The Balaban J connectivity index is 0.000000410. The molecule has 19 heteroatoms. The second kappa shape index (κ2) is 19.2. The van der Waals surface area contributed by atoms with E-state index in [0.717, 1.165) is 5.57 Å². The molecule has 1 aromatic rings. The molecule has 4 saturated carbocycles. The minimum absolute atomic E-state index is 0. The predicted molar refractivity (Wildman–Crippen MR) is 220 cm³/mol. The summed E-state index contributed by atoms with van der Waals surface area (Å²) in [5, 5.41) is 98.1. The molecule has 7 rings (SSSR count). The Bertz CT molecular complexity index is 1900. The summed E-state index contributed by atoms with van der Waals surface area (Å²) < 4.78 is 21.6. The average Bonchev–Trinajstić information content (AvgIpc) is 3.74. The number of ketones is 1. The van der Waals surface area contributed by atoms with Gasteiger partial charge in [-0.3, -0.25) is 4.79 Å². The first-order valence-electron chi connectivity index (χ1n) is 20.3. The SMILES string of the molecule is C=C(CC)C(=O)c1ccc(OCC(=O)O)c(Cl)c1Cl.C[C@@H]1O[C@@H](O[C@H]2C[C@@H](O)[C@]3(CO)[C@H]4[C@H](O)C[C@]5(C)[C@@H](C6=CC(=O)OC6)CC[C@]5(O)[C@@H]4CC[C@]3(O)C2)[C@H](O)[C@H](O)[C@H]1O.[Ca+2].[H-].[H-]. The molecule has 15 atom stereocenters. The Hall–Kier alpha value is -1.45. The van der Waals surface area contributed by atoms with Crippen molar-refractivity contribution in [3.63, 3.8) is 0 Å². The van der Waals surface area contributed by atoms with Crippen LogP contribution >= 0.6 is 23.2 Å². The zero-order valence-electron chi connectivity index (χ0n) is 36.4. The van der Waals surface area contributed by atoms with Crippen molar-refractivity contribution in [3.8, 4) is 5.75 Å². The molecule has 0 amide bonds. The van der Waals surface area contributed by atoms with Gasteiger partial charge in [0.25, 0.3) is 0 Å². The van der Waals surface area contributed by atoms with Crippen LogP contribution in [-0.2, 0) is 23.8 Å². The number of esters is 1. The van der Waals surface area contributed by atoms with E-state index in [1.54, 1.807) is 6.92 Å². The third-order valence-corrected chi connectivity index (χ3v) is 15.4. The van der Waals surface area contributed by atoms with Crippen molar-refractivity contribution < 1.29 is 82.1 Å². The summed E-state index contributed by atoms with van der Waals surface area (Å²) in [6.07, 6.45) is -6.18. The molecule has 2 aliphatic heterocycles. The number of carboxylic acid groups (broad SMARTS) is 1. The Morgan fingerprint density at radius 2 is 1.70 bits per heavy atom. The first-order valence-corrected chi connectivity index (χ1v) is 21.1. The number of ether oxygens (including phenoxy) is 4. The summed E-state index contributed by atoms with van der Waals surface area (Å²) in [6, 6.07) is 2.85. The summed E-state index contributed by atoms with van der Waals surface area (Å²) in [5.41, 5.74) is -3.82. The first kappa shape index (κ1) is 50.5. The van der Waals surface area contributed by atoms with E-state index >= 15 is 0 Å². The van der Waals surface area contributed by atoms with Crippen molar-refractivity contribution >= 4 is 78.7 Å². The van der Waals surface area contributed by atoms with Gasteiger partial charge in [-0.05, 0) is 80.6 Å². The van der Waals surface area contributed by atoms with Crippen LogP contribution in [0.2, 0.25) is 10.0 Å². The van der Waals surface area contributed by atoms with E-state index in [1.807, 2.05) is 6.92 Å². The molecule has 4 aliphatic carbocycles. The second-order valence-electron chi connectivity index (χ2n) is 17.5. The number of benzene rings is 1. The van der Waals surface area contributed by atoms with Gasteiger partial charge in [-0.25, -0.2) is 9.59 Å². The maximum atomic E-state index is 12.4. The molecule has 0 bridgehead atoms. The van der Waals surface area contributed by atoms with E-state index in [-0.39, 0.29) is 106 Å². The van der Waals surface area contributed by atoms with E-state index in [4.69, 9.17) is 47.3 Å². The maximum absolute atomic E-state index is 12.4. The van der Waals surface area contributed by atoms with Crippen LogP contribution in [0, 0.1) is 28.6 Å². The summed E-state index contributed by atoms with van der Waals surface area (Å²) in [4.78, 5) is 34.2. The molecule has 2 heterocycles. The topological polar surface area (TPSA) is 270 Å². The van der Waals surface area contributed by atoms with Gasteiger partial charge in [0.1, 0.15) is 35.7 Å². The van der Waals surface area contributed by atoms with Crippen molar-refractivity contribution in [3.05, 3.63) is 51.5 Å². The largest absolute Gasteiger partial charge is 2.00 e. The van der Waals surface area contributed by atoms with Crippen LogP contribution < -0.4 is 4.74 Å². The van der Waals surface area contributed by atoms with Crippen molar-refractivity contribution in [1.29, 1.82) is 0 Å². The zero-order valence-corrected chi connectivity index (χ0v) is 38.1. The average molecular weight is 930 g/mol. The third kappa shape index (κ3) is 8.72. The molecule has 338 valence electrons. The van der Waals surface area contributed by atoms with Gasteiger partial charge in [0, 0.05) is 35.8 Å². The van der Waals surface area contributed by atoms with Gasteiger partial charge in [-0.1, -0.05) is 43.6 Å². The number of aliphatic hydroxyl groups excluding tert-OH is 6. The quantitative estimate of drug-likeness (QED) is 0.0534. The number of carbonyl (C=O) groups is 3. The number of halogens is 2. The van der Waals surface area contributed by atoms with Gasteiger partial charge in [-0.2, -0.15) is 0 Å². The Morgan fingerprint density at radius 3 is 2.31 bits per heavy atom. The van der Waals surface area contributed by atoms with Gasteiger partial charge < -0.3 is 67.8 Å². The summed E-state index contributed by atoms with van der Waals surface area (Å²) in [5.74, 6) is -3.24. The van der Waals surface area contributed by atoms with E-state index < -0.39 is 108 Å². The summed E-state index contributed by atoms with van der Waals surface area (Å²) >= 11 is 11.9. The second-order valence-corrected chi connectivity index (χ2v) is 18.3. The Labute approximate surface area is 396 Å². The smallest absolute Gasteiger partial charge is 1.00 e. The van der Waals surface area contributed by atoms with Crippen LogP contribution in [0.3, 0.4) is 0 Å². The molecule has 0 aromatic heterocycles. The molecule has 16 nitrogen and oxygen atoms in total. The number of cyclic esters (lactones) is 1. The molecule has 0 unspecified atom stereocenters. The van der Waals surface area contributed by atoms with Gasteiger partial charge in [0.15, 0.2) is 18.7 Å². The molecular weight excluding hydrogens is 871 g/mol. The Morgan fingerprint density at radius 1 is 1.02 bits per heavy atom. The monoisotopic (exact) mass is 928 g/mol. The van der Waals surface area contributed by atoms with Crippen molar-refractivity contribution in [2.75, 3.05) is 19.8 Å². The molecule has 9 N–H and O–H groups in total. The molecule has 1 saturated heterocycles. The number of hydrogen-bond donors (Lipinski definition) is 9. The number of carboxylic acids is 1. The standard InChI is InChI=1S/C29H44O12.C13H12Cl2O4.Ca.2H/c1-13-22(34)23(35)24(36)25(40-13)41-15-8-19(32)28(12-30)21-17(3-5-27(28,37)9-15)29(38)6-4-16(14-7-20(33)39-11-14)26(29,2)10-18(21)31;1-3-7(2)13(18)8-4-5-9(12(15)11(8)14)19-6-10(16)17;;;/h7,13,15-19,21-25,30-32,34-38H,3-6,8-12H2,1-2H3;4-5H,2-3,6H2,1H3,(H,16,17);;;/q;;+2;2*-1/t13-,15-,16+,17+,18+,19+,21+,22-,23+,24+,25-,26+,27-,28+,29-;;;;/m0..../s1. The number of Topliss-reactive ketones (excluding diaryl/α,β-unsaturated/α-hetero) is 1. The molecule has 61 heavy (non-hydrogen) atoms. The number of carbonyl (C=O) groups excluding carboxylic acids is 2. The maximum Gasteiger partial charge on any atom is 2.00 e. The van der Waals surface area contributed by atoms with E-state index in [9.17, 15) is 55.2 Å². The van der Waals surface area contributed by atoms with Gasteiger partial charge in [-0.15, -0.1) is 0 Å². The third-order valence-electron chi connectivity index (χ3n) is 14.6. The van der Waals surface area contributed by atoms with E-state index in [2.05, 4.69) is 6.58 Å². The molecule has 1 aromatic carbocycles. The molecule has 0 radical (unpaired) electrons. The van der Waals surface area contributed by atoms with Crippen LogP contribution in [0.5, 0.6) is 5.75 Å². The van der Waals surface area contributed by atoms with Crippen molar-refractivity contribution in [2.45, 2.75) is 132 Å². The molecular formula is C42H58CaCl2O16. The fourth-order valence-corrected chi connectivity index (χ4v) is 11.9. The van der Waals surface area contributed by atoms with E-state index in [1.165, 1.54) is 25.1 Å². The molecule has 5 fully saturated rings. The first-order chi connectivity index (χ1) is 28.1. The van der Waals surface area contributed by atoms with Gasteiger partial charge >= 0.3 is 49.7 Å². The fraction of sp³-hybridized carbons (Fsp3) is 0.690. The van der Waals surface area contributed by atoms with Crippen LogP contribution in [-0.4, -0.2) is 181 Å². The molecule has 6 aliphatic rings. The normalized spacial score (nSPS) is 41.4. The predicted octanol–water partition coefficient (Wildman–Crippen LogP) is 1.93. The minimum atomic E-state index is -1.67. The molecule has 0 spiro atoms. The van der Waals surface area contributed by atoms with Crippen molar-refractivity contribution in [1.82, 2.24) is 0 Å². The number of fused-ring (bicyclic) bond motifs is 5. The van der Waals surface area contributed by atoms with Crippen LogP contribution in [0.25, 0.3) is 0 Å². The van der Waals surface area contributed by atoms with Gasteiger partial charge in [0.2, 0.25) is 0 Å². The van der Waals surface area contributed by atoms with Gasteiger partial charge in [0.05, 0.1) is 52.7 Å². The number of allylic oxidation sites excluding steroid dienone is 1. The van der Waals surface area contributed by atoms with Crippen LogP contribution in [0.1, 0.15) is 85.3 Å². The zero-order chi connectivity index (χ0) is 44.3. The number of aliphatic carboxylic acids is 1. The Kier molecular flexibility index (Phi) is 15.9. The van der Waals surface area contributed by atoms with Crippen molar-refractivity contribution in [2.24, 2.45) is 28.6 Å². The number of aliphatic hydroxyl groups is 8. The van der Waals surface area contributed by atoms with Crippen LogP contribution in [0.4, 0.5) is 0 Å². The minimum Gasteiger partial charge on any atom is -1.00 e. The number of rotatable bonds is 10. The fourth-order valence-electron chi connectivity index (χ4n) is 11.4. The van der Waals surface area contributed by atoms with Crippen LogP contribution in [0.15, 0.2) is 35.9 Å². The summed E-state index contributed by atoms with van der Waals surface area (Å²) in [7, 11) is 0.